The van der Waals surface area contributed by atoms with Crippen molar-refractivity contribution < 1.29 is 4.74 Å². The highest BCUT2D eigenvalue weighted by molar-refractivity contribution is 5.63. The van der Waals surface area contributed by atoms with E-state index < -0.39 is 0 Å². The van der Waals surface area contributed by atoms with E-state index in [9.17, 15) is 5.26 Å². The molecular weight excluding hydrogens is 330 g/mol. The Bertz CT molecular complexity index is 915. The first-order valence-electron chi connectivity index (χ1n) is 8.13. The number of aryl methyl sites for hydroxylation is 2. The molecule has 0 bridgehead atoms. The molecule has 0 aliphatic carbocycles. The number of aromatic nitrogens is 4. The van der Waals surface area contributed by atoms with Crippen molar-refractivity contribution in [2.24, 2.45) is 0 Å². The molecule has 132 valence electrons. The van der Waals surface area contributed by atoms with E-state index in [0.717, 1.165) is 11.3 Å². The molecule has 3 aromatic heterocycles. The number of pyridine rings is 2. The fraction of sp³-hybridized carbons (Fsp3) is 0.222. The zero-order chi connectivity index (χ0) is 18.4. The summed E-state index contributed by atoms with van der Waals surface area (Å²) >= 11 is 0. The van der Waals surface area contributed by atoms with Gasteiger partial charge < -0.3 is 15.4 Å². The fourth-order valence-electron chi connectivity index (χ4n) is 2.39. The molecule has 0 aliphatic heterocycles. The van der Waals surface area contributed by atoms with Crippen LogP contribution in [0.5, 0.6) is 5.75 Å². The first-order valence-corrected chi connectivity index (χ1v) is 8.13. The van der Waals surface area contributed by atoms with E-state index in [1.165, 1.54) is 0 Å². The molecule has 0 unspecified atom stereocenters. The summed E-state index contributed by atoms with van der Waals surface area (Å²) in [6.45, 7) is 4.72. The smallest absolute Gasteiger partial charge is 0.153 e. The van der Waals surface area contributed by atoms with Crippen LogP contribution in [0.25, 0.3) is 0 Å². The number of aromatic amines is 1. The normalized spacial score (nSPS) is 10.2. The summed E-state index contributed by atoms with van der Waals surface area (Å²) in [5.74, 6) is 2.49. The standard InChI is InChI=1S/C18H19N7O/c1-12-8-16(22-17-9-13(2)24-25-17)23-18(15(12)10-19)21-6-7-26-14-4-3-5-20-11-14/h3-5,8-9,11H,6-7H2,1-2H3,(H3,21,22,23,24,25). The molecule has 0 amide bonds. The van der Waals surface area contributed by atoms with Gasteiger partial charge in [-0.1, -0.05) is 0 Å². The summed E-state index contributed by atoms with van der Waals surface area (Å²) in [5.41, 5.74) is 2.28. The van der Waals surface area contributed by atoms with Gasteiger partial charge >= 0.3 is 0 Å². The van der Waals surface area contributed by atoms with Gasteiger partial charge in [-0.25, -0.2) is 4.98 Å². The molecule has 3 heterocycles. The lowest BCUT2D eigenvalue weighted by Gasteiger charge is -2.12. The molecule has 0 aromatic carbocycles. The molecule has 0 fully saturated rings. The van der Waals surface area contributed by atoms with Crippen molar-refractivity contribution in [2.75, 3.05) is 23.8 Å². The lowest BCUT2D eigenvalue weighted by molar-refractivity contribution is 0.331. The molecule has 0 saturated carbocycles. The van der Waals surface area contributed by atoms with E-state index in [0.29, 0.717) is 41.9 Å². The van der Waals surface area contributed by atoms with Gasteiger partial charge in [-0.05, 0) is 37.6 Å². The highest BCUT2D eigenvalue weighted by atomic mass is 16.5. The van der Waals surface area contributed by atoms with E-state index in [1.54, 1.807) is 12.4 Å². The van der Waals surface area contributed by atoms with Crippen LogP contribution >= 0.6 is 0 Å². The summed E-state index contributed by atoms with van der Waals surface area (Å²) in [7, 11) is 0. The van der Waals surface area contributed by atoms with Gasteiger partial charge in [-0.15, -0.1) is 0 Å². The Morgan fingerprint density at radius 1 is 1.27 bits per heavy atom. The topological polar surface area (TPSA) is 112 Å². The van der Waals surface area contributed by atoms with Gasteiger partial charge in [0.1, 0.15) is 30.1 Å². The van der Waals surface area contributed by atoms with E-state index in [1.807, 2.05) is 38.1 Å². The average molecular weight is 349 g/mol. The molecule has 0 aliphatic rings. The molecule has 3 rings (SSSR count). The summed E-state index contributed by atoms with van der Waals surface area (Å²) in [6, 6.07) is 9.54. The largest absolute Gasteiger partial charge is 0.490 e. The van der Waals surface area contributed by atoms with Gasteiger partial charge in [0.2, 0.25) is 0 Å². The Kier molecular flexibility index (Phi) is 5.29. The minimum atomic E-state index is 0.424. The van der Waals surface area contributed by atoms with Crippen molar-refractivity contribution in [2.45, 2.75) is 13.8 Å². The van der Waals surface area contributed by atoms with Crippen LogP contribution in [0.2, 0.25) is 0 Å². The fourth-order valence-corrected chi connectivity index (χ4v) is 2.39. The van der Waals surface area contributed by atoms with Gasteiger partial charge in [0, 0.05) is 18.0 Å². The molecular formula is C18H19N7O. The van der Waals surface area contributed by atoms with Crippen LogP contribution in [0.4, 0.5) is 17.5 Å². The van der Waals surface area contributed by atoms with Gasteiger partial charge in [0.05, 0.1) is 18.3 Å². The predicted octanol–water partition coefficient (Wildman–Crippen LogP) is 2.92. The molecule has 3 N–H and O–H groups in total. The Morgan fingerprint density at radius 2 is 2.15 bits per heavy atom. The number of nitriles is 1. The third-order valence-corrected chi connectivity index (χ3v) is 3.59. The monoisotopic (exact) mass is 349 g/mol. The van der Waals surface area contributed by atoms with Gasteiger partial charge in [-0.3, -0.25) is 10.1 Å². The molecule has 0 radical (unpaired) electrons. The molecule has 0 atom stereocenters. The number of nitrogens with zero attached hydrogens (tertiary/aromatic N) is 4. The lowest BCUT2D eigenvalue weighted by Crippen LogP contribution is -2.14. The Hall–Kier alpha value is -3.60. The summed E-state index contributed by atoms with van der Waals surface area (Å²) < 4.78 is 5.59. The zero-order valence-electron chi connectivity index (χ0n) is 14.6. The predicted molar refractivity (Wildman–Crippen MR) is 98.5 cm³/mol. The number of H-pyrrole nitrogens is 1. The van der Waals surface area contributed by atoms with Crippen molar-refractivity contribution in [1.29, 1.82) is 5.26 Å². The molecule has 0 saturated heterocycles. The third kappa shape index (κ3) is 4.27. The van der Waals surface area contributed by atoms with E-state index in [-0.39, 0.29) is 0 Å². The second-order valence-electron chi connectivity index (χ2n) is 5.68. The molecule has 8 heteroatoms. The molecule has 26 heavy (non-hydrogen) atoms. The number of hydrogen-bond acceptors (Lipinski definition) is 7. The number of hydrogen-bond donors (Lipinski definition) is 3. The SMILES string of the molecule is Cc1cc(Nc2cc(C)c(C#N)c(NCCOc3cccnc3)n2)n[nH]1. The summed E-state index contributed by atoms with van der Waals surface area (Å²) in [4.78, 5) is 8.48. The van der Waals surface area contributed by atoms with Crippen LogP contribution < -0.4 is 15.4 Å². The molecule has 8 nitrogen and oxygen atoms in total. The van der Waals surface area contributed by atoms with E-state index in [4.69, 9.17) is 4.74 Å². The number of rotatable bonds is 7. The van der Waals surface area contributed by atoms with Crippen molar-refractivity contribution >= 4 is 17.5 Å². The van der Waals surface area contributed by atoms with E-state index >= 15 is 0 Å². The maximum atomic E-state index is 9.41. The first-order chi connectivity index (χ1) is 12.7. The van der Waals surface area contributed by atoms with E-state index in [2.05, 4.69) is 36.9 Å². The maximum Gasteiger partial charge on any atom is 0.153 e. The Balaban J connectivity index is 1.67. The van der Waals surface area contributed by atoms with Crippen LogP contribution in [0, 0.1) is 25.2 Å². The summed E-state index contributed by atoms with van der Waals surface area (Å²) in [5, 5.41) is 22.7. The third-order valence-electron chi connectivity index (χ3n) is 3.59. The highest BCUT2D eigenvalue weighted by Crippen LogP contribution is 2.22. The Morgan fingerprint density at radius 3 is 2.85 bits per heavy atom. The minimum absolute atomic E-state index is 0.424. The summed E-state index contributed by atoms with van der Waals surface area (Å²) in [6.07, 6.45) is 3.34. The zero-order valence-corrected chi connectivity index (χ0v) is 14.6. The van der Waals surface area contributed by atoms with Crippen LogP contribution in [-0.4, -0.2) is 33.3 Å². The lowest BCUT2D eigenvalue weighted by atomic mass is 10.1. The number of ether oxygens (including phenoxy) is 1. The first kappa shape index (κ1) is 17.2. The van der Waals surface area contributed by atoms with Crippen LogP contribution in [0.15, 0.2) is 36.7 Å². The van der Waals surface area contributed by atoms with Crippen molar-refractivity contribution in [3.05, 3.63) is 53.5 Å². The average Bonchev–Trinajstić information content (AvgIpc) is 3.04. The second-order valence-corrected chi connectivity index (χ2v) is 5.68. The maximum absolute atomic E-state index is 9.41. The number of anilines is 3. The minimum Gasteiger partial charge on any atom is -0.490 e. The van der Waals surface area contributed by atoms with Crippen LogP contribution in [-0.2, 0) is 0 Å². The van der Waals surface area contributed by atoms with Crippen molar-refractivity contribution in [1.82, 2.24) is 20.2 Å². The second kappa shape index (κ2) is 7.98. The van der Waals surface area contributed by atoms with Crippen LogP contribution in [0.3, 0.4) is 0 Å². The van der Waals surface area contributed by atoms with Gasteiger partial charge in [0.15, 0.2) is 5.82 Å². The highest BCUT2D eigenvalue weighted by Gasteiger charge is 2.11. The quantitative estimate of drug-likeness (QED) is 0.562. The Labute approximate surface area is 151 Å². The van der Waals surface area contributed by atoms with Crippen LogP contribution in [0.1, 0.15) is 16.8 Å². The van der Waals surface area contributed by atoms with Crippen molar-refractivity contribution in [3.8, 4) is 11.8 Å². The van der Waals surface area contributed by atoms with Gasteiger partial charge in [-0.2, -0.15) is 10.4 Å². The molecule has 0 spiro atoms. The van der Waals surface area contributed by atoms with Crippen molar-refractivity contribution in [3.63, 3.8) is 0 Å². The van der Waals surface area contributed by atoms with Gasteiger partial charge in [0.25, 0.3) is 0 Å². The number of nitrogens with one attached hydrogen (secondary N) is 3. The molecule has 3 aromatic rings.